The van der Waals surface area contributed by atoms with Gasteiger partial charge in [-0.25, -0.2) is 0 Å². The molecule has 1 radical (unpaired) electrons. The molecule has 0 atom stereocenters. The van der Waals surface area contributed by atoms with Gasteiger partial charge in [-0.3, -0.25) is 0 Å². The lowest BCUT2D eigenvalue weighted by Crippen LogP contribution is -2.47. The number of hydrogen-bond acceptors (Lipinski definition) is 1. The molecule has 0 saturated heterocycles. The highest BCUT2D eigenvalue weighted by Crippen LogP contribution is 2.42. The highest BCUT2D eigenvalue weighted by molar-refractivity contribution is 6.58. The van der Waals surface area contributed by atoms with Gasteiger partial charge in [-0.1, -0.05) is 17.7 Å². The molecule has 0 aromatic carbocycles. The molecule has 1 rings (SSSR count). The number of nitrogens with one attached hydrogen (secondary N) is 1. The van der Waals surface area contributed by atoms with E-state index in [1.807, 2.05) is 0 Å². The zero-order valence-corrected chi connectivity index (χ0v) is 13.1. The monoisotopic (exact) mass is 236 g/mol. The van der Waals surface area contributed by atoms with E-state index in [-0.39, 0.29) is 5.54 Å². The van der Waals surface area contributed by atoms with Crippen molar-refractivity contribution in [1.82, 2.24) is 4.98 Å². The standard InChI is InChI=1S/C14H26NSi/c1-9-10(2)12(4)13(11(9)3)16(8)15-14(5,6)7/h13,15H,1-8H3. The van der Waals surface area contributed by atoms with E-state index in [2.05, 4.69) is 60.0 Å². The first kappa shape index (κ1) is 13.7. The van der Waals surface area contributed by atoms with Gasteiger partial charge in [-0.2, -0.15) is 0 Å². The Bertz CT molecular complexity index is 320. The van der Waals surface area contributed by atoms with Crippen LogP contribution in [0.25, 0.3) is 0 Å². The minimum absolute atomic E-state index is 0.230. The van der Waals surface area contributed by atoms with Gasteiger partial charge in [-0.15, -0.1) is 0 Å². The summed E-state index contributed by atoms with van der Waals surface area (Å²) >= 11 is 0. The third kappa shape index (κ3) is 2.66. The first-order valence-electron chi connectivity index (χ1n) is 6.12. The van der Waals surface area contributed by atoms with E-state index >= 15 is 0 Å². The topological polar surface area (TPSA) is 12.0 Å². The first-order valence-corrected chi connectivity index (χ1v) is 8.19. The minimum atomic E-state index is -0.553. The quantitative estimate of drug-likeness (QED) is 0.713. The summed E-state index contributed by atoms with van der Waals surface area (Å²) in [5.74, 6) is 0. The van der Waals surface area contributed by atoms with Crippen LogP contribution in [0.2, 0.25) is 12.1 Å². The Hall–Kier alpha value is -0.343. The average molecular weight is 236 g/mol. The molecule has 2 heteroatoms. The van der Waals surface area contributed by atoms with Gasteiger partial charge in [0.15, 0.2) is 0 Å². The summed E-state index contributed by atoms with van der Waals surface area (Å²) in [7, 11) is -0.553. The Labute approximate surface area is 103 Å². The van der Waals surface area contributed by atoms with Crippen LogP contribution >= 0.6 is 0 Å². The Balaban J connectivity index is 2.91. The lowest BCUT2D eigenvalue weighted by atomic mass is 10.1. The van der Waals surface area contributed by atoms with Crippen LogP contribution in [-0.2, 0) is 0 Å². The Morgan fingerprint density at radius 3 is 1.62 bits per heavy atom. The largest absolute Gasteiger partial charge is 0.333 e. The minimum Gasteiger partial charge on any atom is -0.333 e. The molecule has 0 bridgehead atoms. The molecule has 0 saturated carbocycles. The normalized spacial score (nSPS) is 19.3. The van der Waals surface area contributed by atoms with Gasteiger partial charge in [-0.05, 0) is 59.6 Å². The molecule has 0 aromatic heterocycles. The van der Waals surface area contributed by atoms with E-state index < -0.39 is 8.96 Å². The molecule has 91 valence electrons. The van der Waals surface area contributed by atoms with Crippen molar-refractivity contribution in [3.05, 3.63) is 22.3 Å². The van der Waals surface area contributed by atoms with Crippen LogP contribution in [-0.4, -0.2) is 14.5 Å². The van der Waals surface area contributed by atoms with Crippen LogP contribution in [0.4, 0.5) is 0 Å². The third-order valence-corrected chi connectivity index (χ3v) is 6.49. The molecule has 0 spiro atoms. The Kier molecular flexibility index (Phi) is 3.86. The molecule has 1 aliphatic rings. The van der Waals surface area contributed by atoms with Gasteiger partial charge in [0, 0.05) is 11.1 Å². The fraction of sp³-hybridized carbons (Fsp3) is 0.714. The van der Waals surface area contributed by atoms with Crippen LogP contribution in [0.3, 0.4) is 0 Å². The molecule has 0 unspecified atom stereocenters. The molecule has 0 amide bonds. The van der Waals surface area contributed by atoms with Crippen LogP contribution in [0, 0.1) is 0 Å². The molecule has 1 N–H and O–H groups in total. The Morgan fingerprint density at radius 2 is 1.31 bits per heavy atom. The van der Waals surface area contributed by atoms with Crippen molar-refractivity contribution in [3.8, 4) is 0 Å². The number of hydrogen-bond donors (Lipinski definition) is 1. The summed E-state index contributed by atoms with van der Waals surface area (Å²) in [6.45, 7) is 18.3. The molecular weight excluding hydrogens is 210 g/mol. The first-order chi connectivity index (χ1) is 7.15. The molecule has 1 nitrogen and oxygen atoms in total. The molecule has 0 heterocycles. The van der Waals surface area contributed by atoms with Gasteiger partial charge in [0.05, 0.1) is 0 Å². The van der Waals surface area contributed by atoms with Crippen LogP contribution in [0.5, 0.6) is 0 Å². The van der Waals surface area contributed by atoms with E-state index in [1.54, 1.807) is 11.1 Å². The highest BCUT2D eigenvalue weighted by atomic mass is 28.3. The predicted molar refractivity (Wildman–Crippen MR) is 75.0 cm³/mol. The van der Waals surface area contributed by atoms with Gasteiger partial charge in [0.1, 0.15) is 8.96 Å². The Morgan fingerprint density at radius 1 is 0.938 bits per heavy atom. The van der Waals surface area contributed by atoms with Gasteiger partial charge < -0.3 is 4.98 Å². The van der Waals surface area contributed by atoms with E-state index in [1.165, 1.54) is 11.1 Å². The average Bonchev–Trinajstić information content (AvgIpc) is 2.28. The smallest absolute Gasteiger partial charge is 0.142 e. The molecule has 0 aliphatic heterocycles. The second kappa shape index (κ2) is 4.50. The van der Waals surface area contributed by atoms with Crippen LogP contribution in [0.15, 0.2) is 22.3 Å². The van der Waals surface area contributed by atoms with Crippen molar-refractivity contribution in [3.63, 3.8) is 0 Å². The summed E-state index contributed by atoms with van der Waals surface area (Å²) in [4.78, 5) is 3.80. The van der Waals surface area contributed by atoms with Crippen LogP contribution in [0.1, 0.15) is 48.5 Å². The van der Waals surface area contributed by atoms with Gasteiger partial charge in [0.25, 0.3) is 0 Å². The van der Waals surface area contributed by atoms with Crippen molar-refractivity contribution in [2.24, 2.45) is 0 Å². The summed E-state index contributed by atoms with van der Waals surface area (Å²) in [5, 5.41) is 0. The second-order valence-corrected chi connectivity index (χ2v) is 8.30. The second-order valence-electron chi connectivity index (χ2n) is 6.11. The molecule has 0 fully saturated rings. The summed E-state index contributed by atoms with van der Waals surface area (Å²) in [6.07, 6.45) is 0. The van der Waals surface area contributed by atoms with Crippen molar-refractivity contribution in [2.75, 3.05) is 0 Å². The summed E-state index contributed by atoms with van der Waals surface area (Å²) in [5.41, 5.74) is 7.12. The van der Waals surface area contributed by atoms with E-state index in [0.717, 1.165) is 0 Å². The number of allylic oxidation sites excluding steroid dienone is 4. The highest BCUT2D eigenvalue weighted by Gasteiger charge is 2.32. The maximum absolute atomic E-state index is 3.80. The lowest BCUT2D eigenvalue weighted by Gasteiger charge is -2.30. The molecule has 0 aromatic rings. The predicted octanol–water partition coefficient (Wildman–Crippen LogP) is 4.05. The van der Waals surface area contributed by atoms with E-state index in [4.69, 9.17) is 0 Å². The van der Waals surface area contributed by atoms with Crippen molar-refractivity contribution < 1.29 is 0 Å². The maximum Gasteiger partial charge on any atom is 0.142 e. The van der Waals surface area contributed by atoms with Gasteiger partial charge >= 0.3 is 0 Å². The fourth-order valence-electron chi connectivity index (χ4n) is 2.66. The number of rotatable bonds is 2. The SMILES string of the molecule is CC1=C(C)C([Si](C)NC(C)(C)C)C(C)=C1C. The van der Waals surface area contributed by atoms with Crippen molar-refractivity contribution in [2.45, 2.75) is 66.1 Å². The van der Waals surface area contributed by atoms with Crippen molar-refractivity contribution in [1.29, 1.82) is 0 Å². The van der Waals surface area contributed by atoms with E-state index in [9.17, 15) is 0 Å². The van der Waals surface area contributed by atoms with Crippen molar-refractivity contribution >= 4 is 8.96 Å². The summed E-state index contributed by atoms with van der Waals surface area (Å²) in [6, 6.07) is 0. The van der Waals surface area contributed by atoms with Crippen LogP contribution < -0.4 is 4.98 Å². The third-order valence-electron chi connectivity index (χ3n) is 3.62. The maximum atomic E-state index is 3.80. The molecular formula is C14H26NSi. The summed E-state index contributed by atoms with van der Waals surface area (Å²) < 4.78 is 0. The zero-order valence-electron chi connectivity index (χ0n) is 12.1. The zero-order chi connectivity index (χ0) is 12.7. The lowest BCUT2D eigenvalue weighted by molar-refractivity contribution is 0.516. The molecule has 16 heavy (non-hydrogen) atoms. The molecule has 1 aliphatic carbocycles. The van der Waals surface area contributed by atoms with E-state index in [0.29, 0.717) is 5.54 Å². The van der Waals surface area contributed by atoms with Gasteiger partial charge in [0.2, 0.25) is 0 Å². The fourth-order valence-corrected chi connectivity index (χ4v) is 5.72.